The fourth-order valence-corrected chi connectivity index (χ4v) is 1.36. The van der Waals surface area contributed by atoms with Crippen LogP contribution in [0.15, 0.2) is 12.1 Å². The van der Waals surface area contributed by atoms with Crippen LogP contribution in [0.3, 0.4) is 0 Å². The average Bonchev–Trinajstić information content (AvgIpc) is 2.21. The lowest BCUT2D eigenvalue weighted by atomic mass is 10.1. The molecule has 0 heterocycles. The first kappa shape index (κ1) is 10.7. The van der Waals surface area contributed by atoms with Gasteiger partial charge in [0.25, 0.3) is 0 Å². The van der Waals surface area contributed by atoms with Crippen molar-refractivity contribution in [1.29, 1.82) is 5.26 Å². The van der Waals surface area contributed by atoms with E-state index >= 15 is 0 Å². The van der Waals surface area contributed by atoms with Crippen molar-refractivity contribution in [3.8, 4) is 17.6 Å². The Hall–Kier alpha value is -1.40. The Morgan fingerprint density at radius 1 is 1.36 bits per heavy atom. The standard InChI is InChI=1S/C10H10ClNO2/c1-13-8-5-7(3-4-12)10(11)9(6-8)14-2/h5-6H,3H2,1-2H3. The molecular formula is C10H10ClNO2. The molecular weight excluding hydrogens is 202 g/mol. The molecule has 1 aromatic carbocycles. The second-order valence-corrected chi connectivity index (χ2v) is 3.02. The maximum Gasteiger partial charge on any atom is 0.141 e. The topological polar surface area (TPSA) is 42.2 Å². The van der Waals surface area contributed by atoms with Crippen LogP contribution in [0.2, 0.25) is 5.02 Å². The van der Waals surface area contributed by atoms with E-state index in [9.17, 15) is 0 Å². The van der Waals surface area contributed by atoms with Gasteiger partial charge >= 0.3 is 0 Å². The summed E-state index contributed by atoms with van der Waals surface area (Å²) in [5, 5.41) is 9.05. The van der Waals surface area contributed by atoms with Gasteiger partial charge in [0.15, 0.2) is 0 Å². The summed E-state index contributed by atoms with van der Waals surface area (Å²) in [5.74, 6) is 1.16. The fraction of sp³-hybridized carbons (Fsp3) is 0.300. The first-order valence-electron chi connectivity index (χ1n) is 4.00. The van der Waals surface area contributed by atoms with Gasteiger partial charge in [-0.05, 0) is 11.6 Å². The minimum Gasteiger partial charge on any atom is -0.497 e. The van der Waals surface area contributed by atoms with Gasteiger partial charge in [0.1, 0.15) is 11.5 Å². The number of ether oxygens (including phenoxy) is 2. The van der Waals surface area contributed by atoms with Crippen LogP contribution in [0.5, 0.6) is 11.5 Å². The minimum atomic E-state index is 0.242. The third-order valence-corrected chi connectivity index (χ3v) is 2.24. The highest BCUT2D eigenvalue weighted by molar-refractivity contribution is 6.32. The van der Waals surface area contributed by atoms with E-state index in [4.69, 9.17) is 26.3 Å². The summed E-state index contributed by atoms with van der Waals surface area (Å²) in [5.41, 5.74) is 0.713. The number of hydrogen-bond acceptors (Lipinski definition) is 3. The normalized spacial score (nSPS) is 9.29. The van der Waals surface area contributed by atoms with Gasteiger partial charge in [-0.25, -0.2) is 0 Å². The first-order chi connectivity index (χ1) is 6.72. The molecule has 0 spiro atoms. The predicted molar refractivity (Wildman–Crippen MR) is 53.9 cm³/mol. The Morgan fingerprint density at radius 3 is 2.57 bits per heavy atom. The maximum atomic E-state index is 8.58. The number of halogens is 1. The van der Waals surface area contributed by atoms with E-state index in [1.165, 1.54) is 7.11 Å². The molecule has 74 valence electrons. The Labute approximate surface area is 87.8 Å². The van der Waals surface area contributed by atoms with Crippen LogP contribution in [-0.2, 0) is 6.42 Å². The summed E-state index contributed by atoms with van der Waals surface area (Å²) >= 11 is 5.98. The first-order valence-corrected chi connectivity index (χ1v) is 4.38. The molecule has 0 saturated heterocycles. The molecule has 0 saturated carbocycles. The molecule has 3 nitrogen and oxygen atoms in total. The van der Waals surface area contributed by atoms with Gasteiger partial charge in [-0.2, -0.15) is 5.26 Å². The van der Waals surface area contributed by atoms with Crippen LogP contribution < -0.4 is 9.47 Å². The summed E-state index contributed by atoms with van der Waals surface area (Å²) in [7, 11) is 3.08. The Morgan fingerprint density at radius 2 is 2.07 bits per heavy atom. The van der Waals surface area contributed by atoms with Crippen molar-refractivity contribution in [2.75, 3.05) is 14.2 Å². The highest BCUT2D eigenvalue weighted by Crippen LogP contribution is 2.33. The van der Waals surface area contributed by atoms with E-state index in [-0.39, 0.29) is 6.42 Å². The summed E-state index contributed by atoms with van der Waals surface area (Å²) in [6.07, 6.45) is 0.242. The number of nitriles is 1. The second-order valence-electron chi connectivity index (χ2n) is 2.64. The van der Waals surface area contributed by atoms with Gasteiger partial charge in [0.05, 0.1) is 31.7 Å². The zero-order valence-corrected chi connectivity index (χ0v) is 8.76. The van der Waals surface area contributed by atoms with E-state index in [2.05, 4.69) is 0 Å². The van der Waals surface area contributed by atoms with Crippen molar-refractivity contribution >= 4 is 11.6 Å². The van der Waals surface area contributed by atoms with Crippen molar-refractivity contribution in [1.82, 2.24) is 0 Å². The highest BCUT2D eigenvalue weighted by atomic mass is 35.5. The number of hydrogen-bond donors (Lipinski definition) is 0. The third kappa shape index (κ3) is 2.09. The number of benzene rings is 1. The molecule has 0 N–H and O–H groups in total. The smallest absolute Gasteiger partial charge is 0.141 e. The van der Waals surface area contributed by atoms with Gasteiger partial charge in [0, 0.05) is 6.07 Å². The lowest BCUT2D eigenvalue weighted by Gasteiger charge is -2.09. The predicted octanol–water partition coefficient (Wildman–Crippen LogP) is 2.42. The van der Waals surface area contributed by atoms with Crippen molar-refractivity contribution < 1.29 is 9.47 Å². The van der Waals surface area contributed by atoms with Crippen LogP contribution in [-0.4, -0.2) is 14.2 Å². The van der Waals surface area contributed by atoms with Crippen molar-refractivity contribution in [2.45, 2.75) is 6.42 Å². The van der Waals surface area contributed by atoms with E-state index in [1.54, 1.807) is 19.2 Å². The van der Waals surface area contributed by atoms with Crippen molar-refractivity contribution in [2.24, 2.45) is 0 Å². The van der Waals surface area contributed by atoms with Gasteiger partial charge in [0.2, 0.25) is 0 Å². The number of nitrogens with zero attached hydrogens (tertiary/aromatic N) is 1. The van der Waals surface area contributed by atoms with Crippen LogP contribution in [0.4, 0.5) is 0 Å². The average molecular weight is 212 g/mol. The lowest BCUT2D eigenvalue weighted by molar-refractivity contribution is 0.394. The molecule has 4 heteroatoms. The summed E-state index contributed by atoms with van der Waals surface area (Å²) < 4.78 is 10.1. The Kier molecular flexibility index (Phi) is 3.61. The number of methoxy groups -OCH3 is 2. The molecule has 0 bridgehead atoms. The SMILES string of the molecule is COc1cc(CC#N)c(Cl)c(OC)c1. The van der Waals surface area contributed by atoms with E-state index in [0.29, 0.717) is 22.1 Å². The molecule has 0 amide bonds. The van der Waals surface area contributed by atoms with Gasteiger partial charge in [-0.3, -0.25) is 0 Å². The summed E-state index contributed by atoms with van der Waals surface area (Å²) in [6, 6.07) is 5.45. The molecule has 0 aliphatic rings. The molecule has 14 heavy (non-hydrogen) atoms. The fourth-order valence-electron chi connectivity index (χ4n) is 1.11. The molecule has 1 rings (SSSR count). The van der Waals surface area contributed by atoms with Gasteiger partial charge in [-0.1, -0.05) is 11.6 Å². The van der Waals surface area contributed by atoms with Gasteiger partial charge in [-0.15, -0.1) is 0 Å². The lowest BCUT2D eigenvalue weighted by Crippen LogP contribution is -1.92. The Balaban J connectivity index is 3.21. The van der Waals surface area contributed by atoms with Crippen LogP contribution >= 0.6 is 11.6 Å². The summed E-state index contributed by atoms with van der Waals surface area (Å²) in [4.78, 5) is 0. The minimum absolute atomic E-state index is 0.242. The largest absolute Gasteiger partial charge is 0.497 e. The molecule has 0 aliphatic carbocycles. The van der Waals surface area contributed by atoms with Crippen molar-refractivity contribution in [3.05, 3.63) is 22.7 Å². The third-order valence-electron chi connectivity index (χ3n) is 1.81. The molecule has 1 aromatic rings. The van der Waals surface area contributed by atoms with Gasteiger partial charge < -0.3 is 9.47 Å². The second kappa shape index (κ2) is 4.73. The number of rotatable bonds is 3. The monoisotopic (exact) mass is 211 g/mol. The quantitative estimate of drug-likeness (QED) is 0.771. The van der Waals surface area contributed by atoms with Crippen LogP contribution in [0, 0.1) is 11.3 Å². The zero-order valence-electron chi connectivity index (χ0n) is 8.00. The molecule has 0 aromatic heterocycles. The van der Waals surface area contributed by atoms with Crippen LogP contribution in [0.25, 0.3) is 0 Å². The zero-order chi connectivity index (χ0) is 10.6. The highest BCUT2D eigenvalue weighted by Gasteiger charge is 2.09. The molecule has 0 unspecified atom stereocenters. The van der Waals surface area contributed by atoms with E-state index < -0.39 is 0 Å². The summed E-state index contributed by atoms with van der Waals surface area (Å²) in [6.45, 7) is 0. The van der Waals surface area contributed by atoms with Crippen molar-refractivity contribution in [3.63, 3.8) is 0 Å². The molecule has 0 aliphatic heterocycles. The van der Waals surface area contributed by atoms with E-state index in [0.717, 1.165) is 0 Å². The maximum absolute atomic E-state index is 8.58. The van der Waals surface area contributed by atoms with E-state index in [1.807, 2.05) is 6.07 Å². The molecule has 0 radical (unpaired) electrons. The molecule has 0 fully saturated rings. The van der Waals surface area contributed by atoms with Crippen LogP contribution in [0.1, 0.15) is 5.56 Å². The Bertz CT molecular complexity index is 371. The molecule has 0 atom stereocenters.